The molecule has 0 bridgehead atoms. The zero-order valence-corrected chi connectivity index (χ0v) is 12.9. The molecule has 0 aliphatic carbocycles. The van der Waals surface area contributed by atoms with Crippen molar-refractivity contribution in [2.24, 2.45) is 5.73 Å². The summed E-state index contributed by atoms with van der Waals surface area (Å²) in [6.45, 7) is 5.41. The average Bonchev–Trinajstić information content (AvgIpc) is 2.54. The van der Waals surface area contributed by atoms with Crippen molar-refractivity contribution in [3.63, 3.8) is 0 Å². The number of hydrogen-bond acceptors (Lipinski definition) is 3. The molecule has 1 heterocycles. The number of piperidine rings is 1. The lowest BCUT2D eigenvalue weighted by atomic mass is 10.0. The van der Waals surface area contributed by atoms with Crippen molar-refractivity contribution in [1.29, 1.82) is 0 Å². The lowest BCUT2D eigenvalue weighted by molar-refractivity contribution is -0.123. The van der Waals surface area contributed by atoms with Crippen molar-refractivity contribution < 1.29 is 4.79 Å². The van der Waals surface area contributed by atoms with Gasteiger partial charge in [0.25, 0.3) is 0 Å². The van der Waals surface area contributed by atoms with E-state index in [1.165, 1.54) is 5.56 Å². The van der Waals surface area contributed by atoms with Gasteiger partial charge in [0.05, 0.1) is 6.04 Å². The molecule has 0 spiro atoms. The summed E-state index contributed by atoms with van der Waals surface area (Å²) in [4.78, 5) is 14.5. The Morgan fingerprint density at radius 2 is 2.00 bits per heavy atom. The largest absolute Gasteiger partial charge is 0.352 e. The summed E-state index contributed by atoms with van der Waals surface area (Å²) in [6.07, 6.45) is 3.61. The van der Waals surface area contributed by atoms with Crippen molar-refractivity contribution in [2.45, 2.75) is 44.7 Å². The summed E-state index contributed by atoms with van der Waals surface area (Å²) in [5, 5.41) is 3.11. The summed E-state index contributed by atoms with van der Waals surface area (Å²) in [5.74, 6) is 0.000814. The summed E-state index contributed by atoms with van der Waals surface area (Å²) in [6, 6.07) is 10.1. The van der Waals surface area contributed by atoms with Crippen LogP contribution in [0, 0.1) is 0 Å². The first kappa shape index (κ1) is 16.0. The minimum absolute atomic E-state index is 0.000814. The molecule has 0 radical (unpaired) electrons. The zero-order valence-electron chi connectivity index (χ0n) is 12.9. The summed E-state index contributed by atoms with van der Waals surface area (Å²) >= 11 is 0. The van der Waals surface area contributed by atoms with E-state index in [2.05, 4.69) is 29.3 Å². The lowest BCUT2D eigenvalue weighted by Gasteiger charge is -2.32. The first-order chi connectivity index (χ1) is 10.2. The van der Waals surface area contributed by atoms with Crippen LogP contribution in [-0.2, 0) is 11.2 Å². The molecule has 1 fully saturated rings. The number of nitrogens with one attached hydrogen (secondary N) is 1. The third-order valence-electron chi connectivity index (χ3n) is 4.30. The molecule has 116 valence electrons. The van der Waals surface area contributed by atoms with Crippen molar-refractivity contribution in [3.05, 3.63) is 35.9 Å². The van der Waals surface area contributed by atoms with Crippen molar-refractivity contribution in [3.8, 4) is 0 Å². The Bertz CT molecular complexity index is 427. The van der Waals surface area contributed by atoms with Gasteiger partial charge in [0.2, 0.25) is 5.91 Å². The number of nitrogens with two attached hydrogens (primary N) is 1. The zero-order chi connectivity index (χ0) is 15.1. The van der Waals surface area contributed by atoms with Gasteiger partial charge in [-0.05, 0) is 37.8 Å². The normalized spacial score (nSPS) is 18.4. The molecule has 1 atom stereocenters. The minimum Gasteiger partial charge on any atom is -0.352 e. The van der Waals surface area contributed by atoms with Gasteiger partial charge in [-0.1, -0.05) is 37.3 Å². The molecule has 3 N–H and O–H groups in total. The maximum absolute atomic E-state index is 12.1. The van der Waals surface area contributed by atoms with E-state index in [9.17, 15) is 4.79 Å². The van der Waals surface area contributed by atoms with E-state index >= 15 is 0 Å². The highest BCUT2D eigenvalue weighted by Crippen LogP contribution is 2.10. The van der Waals surface area contributed by atoms with Crippen LogP contribution in [0.5, 0.6) is 0 Å². The van der Waals surface area contributed by atoms with Crippen LogP contribution in [0.1, 0.15) is 31.7 Å². The molecule has 4 heteroatoms. The quantitative estimate of drug-likeness (QED) is 0.835. The molecule has 1 aliphatic rings. The molecule has 1 aromatic rings. The number of rotatable bonds is 6. The second-order valence-corrected chi connectivity index (χ2v) is 5.85. The number of amides is 1. The topological polar surface area (TPSA) is 58.4 Å². The molecule has 1 amide bonds. The maximum Gasteiger partial charge on any atom is 0.237 e. The van der Waals surface area contributed by atoms with Gasteiger partial charge in [0.1, 0.15) is 0 Å². The number of nitrogens with zero attached hydrogens (tertiary/aromatic N) is 1. The first-order valence-corrected chi connectivity index (χ1v) is 8.01. The molecule has 21 heavy (non-hydrogen) atoms. The van der Waals surface area contributed by atoms with Crippen molar-refractivity contribution in [1.82, 2.24) is 10.2 Å². The summed E-state index contributed by atoms with van der Waals surface area (Å²) in [5.41, 5.74) is 7.25. The van der Waals surface area contributed by atoms with Crippen LogP contribution in [0.3, 0.4) is 0 Å². The number of carbonyl (C=O) groups excluding carboxylic acids is 1. The average molecular weight is 289 g/mol. The Balaban J connectivity index is 1.70. The second kappa shape index (κ2) is 8.15. The van der Waals surface area contributed by atoms with E-state index in [1.807, 2.05) is 18.2 Å². The molecule has 2 rings (SSSR count). The maximum atomic E-state index is 12.1. The highest BCUT2D eigenvalue weighted by molar-refractivity contribution is 5.81. The SMILES string of the molecule is CCN1CCC(NC(=O)[C@@H](N)CCc2ccccc2)CC1. The van der Waals surface area contributed by atoms with E-state index < -0.39 is 6.04 Å². The van der Waals surface area contributed by atoms with Crippen LogP contribution in [0.15, 0.2) is 30.3 Å². The Labute approximate surface area is 127 Å². The number of aryl methyl sites for hydroxylation is 1. The molecule has 0 aromatic heterocycles. The fraction of sp³-hybridized carbons (Fsp3) is 0.588. The van der Waals surface area contributed by atoms with Gasteiger partial charge >= 0.3 is 0 Å². The highest BCUT2D eigenvalue weighted by Gasteiger charge is 2.22. The number of likely N-dealkylation sites (tertiary alicyclic amines) is 1. The van der Waals surface area contributed by atoms with Crippen molar-refractivity contribution in [2.75, 3.05) is 19.6 Å². The van der Waals surface area contributed by atoms with Gasteiger partial charge in [-0.15, -0.1) is 0 Å². The Morgan fingerprint density at radius 3 is 2.62 bits per heavy atom. The molecule has 4 nitrogen and oxygen atoms in total. The Morgan fingerprint density at radius 1 is 1.33 bits per heavy atom. The predicted octanol–water partition coefficient (Wildman–Crippen LogP) is 1.55. The smallest absolute Gasteiger partial charge is 0.237 e. The van der Waals surface area contributed by atoms with Crippen LogP contribution in [0.25, 0.3) is 0 Å². The highest BCUT2D eigenvalue weighted by atomic mass is 16.2. The monoisotopic (exact) mass is 289 g/mol. The third kappa shape index (κ3) is 5.14. The van der Waals surface area contributed by atoms with Crippen LogP contribution >= 0.6 is 0 Å². The lowest BCUT2D eigenvalue weighted by Crippen LogP contribution is -2.49. The molecule has 1 aromatic carbocycles. The molecule has 0 unspecified atom stereocenters. The minimum atomic E-state index is -0.408. The fourth-order valence-electron chi connectivity index (χ4n) is 2.80. The molecule has 1 aliphatic heterocycles. The van der Waals surface area contributed by atoms with Crippen LogP contribution in [0.2, 0.25) is 0 Å². The van der Waals surface area contributed by atoms with Gasteiger partial charge in [-0.2, -0.15) is 0 Å². The third-order valence-corrected chi connectivity index (χ3v) is 4.30. The number of carbonyl (C=O) groups is 1. The summed E-state index contributed by atoms with van der Waals surface area (Å²) in [7, 11) is 0. The van der Waals surface area contributed by atoms with Crippen LogP contribution < -0.4 is 11.1 Å². The molecule has 1 saturated heterocycles. The van der Waals surface area contributed by atoms with Crippen LogP contribution in [0.4, 0.5) is 0 Å². The van der Waals surface area contributed by atoms with Gasteiger partial charge < -0.3 is 16.0 Å². The first-order valence-electron chi connectivity index (χ1n) is 8.01. The Hall–Kier alpha value is -1.39. The van der Waals surface area contributed by atoms with Gasteiger partial charge in [-0.25, -0.2) is 0 Å². The predicted molar refractivity (Wildman–Crippen MR) is 86.0 cm³/mol. The van der Waals surface area contributed by atoms with E-state index in [-0.39, 0.29) is 5.91 Å². The molecular formula is C17H27N3O. The van der Waals surface area contributed by atoms with E-state index in [1.54, 1.807) is 0 Å². The fourth-order valence-corrected chi connectivity index (χ4v) is 2.80. The number of hydrogen-bond donors (Lipinski definition) is 2. The van der Waals surface area contributed by atoms with E-state index in [4.69, 9.17) is 5.73 Å². The van der Waals surface area contributed by atoms with E-state index in [0.29, 0.717) is 12.5 Å². The van der Waals surface area contributed by atoms with Crippen molar-refractivity contribution >= 4 is 5.91 Å². The number of benzene rings is 1. The standard InChI is InChI=1S/C17H27N3O/c1-2-20-12-10-15(11-13-20)19-17(21)16(18)9-8-14-6-4-3-5-7-14/h3-7,15-16H,2,8-13,18H2,1H3,(H,19,21)/t16-/m0/s1. The summed E-state index contributed by atoms with van der Waals surface area (Å²) < 4.78 is 0. The Kier molecular flexibility index (Phi) is 6.21. The molecule has 0 saturated carbocycles. The van der Waals surface area contributed by atoms with Gasteiger partial charge in [0.15, 0.2) is 0 Å². The van der Waals surface area contributed by atoms with Crippen LogP contribution in [-0.4, -0.2) is 42.5 Å². The molecular weight excluding hydrogens is 262 g/mol. The van der Waals surface area contributed by atoms with E-state index in [0.717, 1.165) is 38.9 Å². The van der Waals surface area contributed by atoms with Gasteiger partial charge in [-0.3, -0.25) is 4.79 Å². The van der Waals surface area contributed by atoms with Gasteiger partial charge in [0, 0.05) is 19.1 Å². The second-order valence-electron chi connectivity index (χ2n) is 5.85.